The summed E-state index contributed by atoms with van der Waals surface area (Å²) in [6, 6.07) is 0. The van der Waals surface area contributed by atoms with Gasteiger partial charge in [-0.2, -0.15) is 0 Å². The SMILES string of the molecule is C[C@@H](OC(=O)NCCNCCNCCNC(=O)O[C@H](C)OC(=O)C1CCCCC1)OC(=O)C1CCCCC1. The maximum Gasteiger partial charge on any atom is 0.410 e. The molecule has 4 N–H and O–H groups in total. The molecule has 0 radical (unpaired) electrons. The summed E-state index contributed by atoms with van der Waals surface area (Å²) < 4.78 is 20.6. The highest BCUT2D eigenvalue weighted by molar-refractivity contribution is 5.73. The number of ether oxygens (including phenoxy) is 4. The molecule has 12 nitrogen and oxygen atoms in total. The van der Waals surface area contributed by atoms with Gasteiger partial charge in [-0.05, 0) is 25.7 Å². The van der Waals surface area contributed by atoms with Gasteiger partial charge in [-0.25, -0.2) is 9.59 Å². The summed E-state index contributed by atoms with van der Waals surface area (Å²) in [5.41, 5.74) is 0. The Balaban J connectivity index is 1.38. The van der Waals surface area contributed by atoms with Crippen LogP contribution in [0.25, 0.3) is 0 Å². The first-order valence-corrected chi connectivity index (χ1v) is 14.1. The van der Waals surface area contributed by atoms with E-state index in [1.807, 2.05) is 0 Å². The standard InChI is InChI=1S/C26H46N4O8/c1-19(35-23(31)21-9-5-3-6-10-21)37-25(33)29-17-15-27-13-14-28-16-18-30-26(34)38-20(2)36-24(32)22-11-7-4-8-12-22/h19-22,27-28H,3-18H2,1-2H3,(H,29,33)(H,30,34)/t19-,20-/m1/s1. The van der Waals surface area contributed by atoms with E-state index in [1.54, 1.807) is 0 Å². The van der Waals surface area contributed by atoms with E-state index < -0.39 is 24.8 Å². The fourth-order valence-corrected chi connectivity index (χ4v) is 4.56. The second kappa shape index (κ2) is 18.6. The summed E-state index contributed by atoms with van der Waals surface area (Å²) in [6.07, 6.45) is 6.64. The Morgan fingerprint density at radius 3 is 1.26 bits per heavy atom. The van der Waals surface area contributed by atoms with Crippen LogP contribution in [0.1, 0.15) is 78.1 Å². The maximum absolute atomic E-state index is 12.1. The molecule has 2 rings (SSSR count). The molecule has 218 valence electrons. The fraction of sp³-hybridized carbons (Fsp3) is 0.846. The molecular weight excluding hydrogens is 496 g/mol. The summed E-state index contributed by atoms with van der Waals surface area (Å²) in [5.74, 6) is -0.773. The maximum atomic E-state index is 12.1. The van der Waals surface area contributed by atoms with Crippen LogP contribution in [0.5, 0.6) is 0 Å². The van der Waals surface area contributed by atoms with E-state index in [0.29, 0.717) is 39.3 Å². The normalized spacial score (nSPS) is 18.1. The third kappa shape index (κ3) is 13.8. The molecule has 0 aromatic carbocycles. The molecule has 0 bridgehead atoms. The van der Waals surface area contributed by atoms with E-state index >= 15 is 0 Å². The lowest BCUT2D eigenvalue weighted by atomic mass is 9.89. The van der Waals surface area contributed by atoms with Crippen LogP contribution in [0.3, 0.4) is 0 Å². The van der Waals surface area contributed by atoms with Crippen LogP contribution in [-0.4, -0.2) is 76.0 Å². The predicted octanol–water partition coefficient (Wildman–Crippen LogP) is 2.56. The van der Waals surface area contributed by atoms with Crippen molar-refractivity contribution in [2.45, 2.75) is 90.6 Å². The van der Waals surface area contributed by atoms with E-state index in [-0.39, 0.29) is 23.8 Å². The Morgan fingerprint density at radius 2 is 0.895 bits per heavy atom. The molecule has 2 fully saturated rings. The van der Waals surface area contributed by atoms with Crippen molar-refractivity contribution in [2.24, 2.45) is 11.8 Å². The van der Waals surface area contributed by atoms with Gasteiger partial charge in [0, 0.05) is 53.1 Å². The minimum atomic E-state index is -0.924. The highest BCUT2D eigenvalue weighted by Gasteiger charge is 2.26. The van der Waals surface area contributed by atoms with Crippen molar-refractivity contribution in [2.75, 3.05) is 39.3 Å². The zero-order valence-electron chi connectivity index (χ0n) is 22.9. The second-order valence-electron chi connectivity index (χ2n) is 9.84. The van der Waals surface area contributed by atoms with E-state index in [2.05, 4.69) is 21.3 Å². The lowest BCUT2D eigenvalue weighted by Gasteiger charge is -2.22. The van der Waals surface area contributed by atoms with E-state index in [9.17, 15) is 19.2 Å². The summed E-state index contributed by atoms with van der Waals surface area (Å²) in [6.45, 7) is 6.18. The van der Waals surface area contributed by atoms with Crippen LogP contribution in [0.2, 0.25) is 0 Å². The Labute approximate surface area is 225 Å². The Morgan fingerprint density at radius 1 is 0.553 bits per heavy atom. The smallest absolute Gasteiger partial charge is 0.410 e. The minimum absolute atomic E-state index is 0.0915. The average molecular weight is 543 g/mol. The van der Waals surface area contributed by atoms with E-state index in [0.717, 1.165) is 64.2 Å². The monoisotopic (exact) mass is 542 g/mol. The van der Waals surface area contributed by atoms with Crippen molar-refractivity contribution in [3.63, 3.8) is 0 Å². The first kappa shape index (κ1) is 31.6. The van der Waals surface area contributed by atoms with Gasteiger partial charge in [0.05, 0.1) is 11.8 Å². The van der Waals surface area contributed by atoms with Crippen LogP contribution in [-0.2, 0) is 28.5 Å². The first-order valence-electron chi connectivity index (χ1n) is 14.1. The third-order valence-corrected chi connectivity index (χ3v) is 6.61. The lowest BCUT2D eigenvalue weighted by molar-refractivity contribution is -0.172. The van der Waals surface area contributed by atoms with Crippen LogP contribution in [0, 0.1) is 11.8 Å². The highest BCUT2D eigenvalue weighted by Crippen LogP contribution is 2.26. The Kier molecular flexibility index (Phi) is 15.5. The van der Waals surface area contributed by atoms with Crippen molar-refractivity contribution in [3.8, 4) is 0 Å². The van der Waals surface area contributed by atoms with Crippen LogP contribution in [0.15, 0.2) is 0 Å². The molecule has 12 heteroatoms. The molecule has 0 aliphatic heterocycles. The minimum Gasteiger partial charge on any atom is -0.425 e. The van der Waals surface area contributed by atoms with Gasteiger partial charge in [-0.1, -0.05) is 38.5 Å². The molecule has 0 heterocycles. The van der Waals surface area contributed by atoms with Gasteiger partial charge in [0.1, 0.15) is 0 Å². The molecule has 0 spiro atoms. The summed E-state index contributed by atoms with van der Waals surface area (Å²) in [7, 11) is 0. The van der Waals surface area contributed by atoms with Gasteiger partial charge in [-0.15, -0.1) is 0 Å². The molecule has 2 saturated carbocycles. The average Bonchev–Trinajstić information content (AvgIpc) is 2.90. The first-order chi connectivity index (χ1) is 18.3. The quantitative estimate of drug-likeness (QED) is 0.138. The summed E-state index contributed by atoms with van der Waals surface area (Å²) in [4.78, 5) is 47.8. The van der Waals surface area contributed by atoms with Gasteiger partial charge >= 0.3 is 24.1 Å². The van der Waals surface area contributed by atoms with Crippen molar-refractivity contribution in [1.82, 2.24) is 21.3 Å². The highest BCUT2D eigenvalue weighted by atomic mass is 16.7. The van der Waals surface area contributed by atoms with Gasteiger partial charge in [0.25, 0.3) is 0 Å². The van der Waals surface area contributed by atoms with Crippen LogP contribution in [0.4, 0.5) is 9.59 Å². The molecule has 0 saturated heterocycles. The zero-order chi connectivity index (χ0) is 27.6. The molecule has 0 aromatic rings. The summed E-state index contributed by atoms with van der Waals surface area (Å²) >= 11 is 0. The number of amides is 2. The Bertz CT molecular complexity index is 666. The third-order valence-electron chi connectivity index (χ3n) is 6.61. The number of carbonyl (C=O) groups is 4. The molecule has 38 heavy (non-hydrogen) atoms. The van der Waals surface area contributed by atoms with Gasteiger partial charge in [-0.3, -0.25) is 9.59 Å². The van der Waals surface area contributed by atoms with Crippen LogP contribution < -0.4 is 21.3 Å². The number of carbonyl (C=O) groups excluding carboxylic acids is 4. The Hall–Kier alpha value is -2.60. The second-order valence-corrected chi connectivity index (χ2v) is 9.84. The zero-order valence-corrected chi connectivity index (χ0v) is 22.9. The van der Waals surface area contributed by atoms with Crippen molar-refractivity contribution >= 4 is 24.1 Å². The largest absolute Gasteiger partial charge is 0.425 e. The van der Waals surface area contributed by atoms with E-state index in [4.69, 9.17) is 18.9 Å². The van der Waals surface area contributed by atoms with Crippen molar-refractivity contribution < 1.29 is 38.1 Å². The number of alkyl carbamates (subject to hydrolysis) is 2. The fourth-order valence-electron chi connectivity index (χ4n) is 4.56. The molecule has 0 unspecified atom stereocenters. The topological polar surface area (TPSA) is 153 Å². The van der Waals surface area contributed by atoms with Gasteiger partial charge in [0.15, 0.2) is 0 Å². The number of rotatable bonds is 15. The number of hydrogen-bond donors (Lipinski definition) is 4. The molecule has 2 aliphatic rings. The van der Waals surface area contributed by atoms with Crippen molar-refractivity contribution in [3.05, 3.63) is 0 Å². The van der Waals surface area contributed by atoms with Gasteiger partial charge in [0.2, 0.25) is 12.6 Å². The predicted molar refractivity (Wildman–Crippen MR) is 139 cm³/mol. The molecule has 2 atom stereocenters. The number of esters is 2. The molecule has 2 aliphatic carbocycles. The summed E-state index contributed by atoms with van der Waals surface area (Å²) in [5, 5.41) is 11.5. The number of hydrogen-bond acceptors (Lipinski definition) is 10. The van der Waals surface area contributed by atoms with Gasteiger partial charge < -0.3 is 40.2 Å². The van der Waals surface area contributed by atoms with E-state index in [1.165, 1.54) is 13.8 Å². The van der Waals surface area contributed by atoms with Crippen LogP contribution >= 0.6 is 0 Å². The lowest BCUT2D eigenvalue weighted by Crippen LogP contribution is -2.39. The molecular formula is C26H46N4O8. The number of nitrogens with one attached hydrogen (secondary N) is 4. The molecule has 0 aromatic heterocycles. The van der Waals surface area contributed by atoms with Crippen molar-refractivity contribution in [1.29, 1.82) is 0 Å². The molecule has 2 amide bonds.